The van der Waals surface area contributed by atoms with Crippen LogP contribution in [0, 0.1) is 17.3 Å². The first kappa shape index (κ1) is 14.4. The maximum absolute atomic E-state index is 2.42. The highest BCUT2D eigenvalue weighted by molar-refractivity contribution is 5.53. The molecule has 0 saturated heterocycles. The van der Waals surface area contributed by atoms with E-state index in [1.165, 1.54) is 22.3 Å². The van der Waals surface area contributed by atoms with E-state index in [1.54, 1.807) is 11.1 Å². The molecule has 2 unspecified atom stereocenters. The molecule has 0 N–H and O–H groups in total. The SMILES string of the molecule is CC1=CC(C)C(C(C)(C)C2=C(C)C(C)=CC2C)=C1C. The Balaban J connectivity index is 2.52. The van der Waals surface area contributed by atoms with Gasteiger partial charge in [0.2, 0.25) is 0 Å². The quantitative estimate of drug-likeness (QED) is 0.582. The molecular weight excluding hydrogens is 228 g/mol. The van der Waals surface area contributed by atoms with Crippen LogP contribution in [-0.4, -0.2) is 0 Å². The topological polar surface area (TPSA) is 0 Å². The minimum atomic E-state index is 0.162. The Morgan fingerprint density at radius 3 is 1.26 bits per heavy atom. The van der Waals surface area contributed by atoms with Gasteiger partial charge < -0.3 is 0 Å². The Kier molecular flexibility index (Phi) is 3.41. The molecular formula is C19H28. The van der Waals surface area contributed by atoms with E-state index in [1.807, 2.05) is 0 Å². The maximum atomic E-state index is 2.42. The van der Waals surface area contributed by atoms with Crippen LogP contribution in [0.2, 0.25) is 0 Å². The largest absolute Gasteiger partial charge is 0.0744 e. The van der Waals surface area contributed by atoms with E-state index < -0.39 is 0 Å². The van der Waals surface area contributed by atoms with Crippen molar-refractivity contribution in [1.82, 2.24) is 0 Å². The molecule has 0 amide bonds. The van der Waals surface area contributed by atoms with Gasteiger partial charge in [0, 0.05) is 5.41 Å². The molecule has 2 aliphatic carbocycles. The molecule has 19 heavy (non-hydrogen) atoms. The summed E-state index contributed by atoms with van der Waals surface area (Å²) in [6, 6.07) is 0. The van der Waals surface area contributed by atoms with Crippen molar-refractivity contribution in [3.05, 3.63) is 45.6 Å². The summed E-state index contributed by atoms with van der Waals surface area (Å²) in [7, 11) is 0. The molecule has 0 aromatic rings. The number of hydrogen-bond donors (Lipinski definition) is 0. The lowest BCUT2D eigenvalue weighted by Gasteiger charge is -2.35. The van der Waals surface area contributed by atoms with Crippen molar-refractivity contribution in [2.24, 2.45) is 17.3 Å². The minimum absolute atomic E-state index is 0.162. The molecule has 0 saturated carbocycles. The molecule has 0 heteroatoms. The fraction of sp³-hybridized carbons (Fsp3) is 0.579. The Morgan fingerprint density at radius 1 is 0.737 bits per heavy atom. The van der Waals surface area contributed by atoms with E-state index in [2.05, 4.69) is 67.5 Å². The fourth-order valence-corrected chi connectivity index (χ4v) is 4.50. The molecule has 0 radical (unpaired) electrons. The van der Waals surface area contributed by atoms with Gasteiger partial charge in [-0.25, -0.2) is 0 Å². The van der Waals surface area contributed by atoms with Gasteiger partial charge in [-0.1, -0.05) is 62.1 Å². The van der Waals surface area contributed by atoms with Gasteiger partial charge in [-0.05, 0) is 50.7 Å². The molecule has 0 aromatic heterocycles. The van der Waals surface area contributed by atoms with Gasteiger partial charge in [-0.2, -0.15) is 0 Å². The normalized spacial score (nSPS) is 28.2. The fourth-order valence-electron chi connectivity index (χ4n) is 4.50. The summed E-state index contributed by atoms with van der Waals surface area (Å²) >= 11 is 0. The summed E-state index contributed by atoms with van der Waals surface area (Å²) in [5.74, 6) is 1.15. The average molecular weight is 256 g/mol. The van der Waals surface area contributed by atoms with Gasteiger partial charge in [0.1, 0.15) is 0 Å². The summed E-state index contributed by atoms with van der Waals surface area (Å²) in [4.78, 5) is 0. The number of allylic oxidation sites excluding steroid dienone is 8. The molecule has 0 aliphatic heterocycles. The zero-order valence-corrected chi connectivity index (χ0v) is 13.8. The lowest BCUT2D eigenvalue weighted by atomic mass is 9.68. The monoisotopic (exact) mass is 256 g/mol. The van der Waals surface area contributed by atoms with Crippen LogP contribution in [0.25, 0.3) is 0 Å². The first-order valence-electron chi connectivity index (χ1n) is 7.48. The van der Waals surface area contributed by atoms with Crippen molar-refractivity contribution >= 4 is 0 Å². The highest BCUT2D eigenvalue weighted by atomic mass is 14.4. The zero-order valence-electron chi connectivity index (χ0n) is 13.8. The predicted octanol–water partition coefficient (Wildman–Crippen LogP) is 5.84. The molecule has 0 bridgehead atoms. The van der Waals surface area contributed by atoms with Crippen molar-refractivity contribution < 1.29 is 0 Å². The van der Waals surface area contributed by atoms with E-state index in [0.717, 1.165) is 0 Å². The molecule has 2 aliphatic rings. The molecule has 2 rings (SSSR count). The summed E-state index contributed by atoms with van der Waals surface area (Å²) < 4.78 is 0. The van der Waals surface area contributed by atoms with Gasteiger partial charge >= 0.3 is 0 Å². The smallest absolute Gasteiger partial charge is 0.00872 e. The molecule has 0 nitrogen and oxygen atoms in total. The van der Waals surface area contributed by atoms with E-state index in [0.29, 0.717) is 11.8 Å². The highest BCUT2D eigenvalue weighted by Gasteiger charge is 2.38. The maximum Gasteiger partial charge on any atom is 0.00872 e. The van der Waals surface area contributed by atoms with E-state index in [9.17, 15) is 0 Å². The third-order valence-corrected chi connectivity index (χ3v) is 5.25. The van der Waals surface area contributed by atoms with E-state index >= 15 is 0 Å². The molecule has 0 heterocycles. The van der Waals surface area contributed by atoms with Crippen LogP contribution in [0.3, 0.4) is 0 Å². The molecule has 2 atom stereocenters. The van der Waals surface area contributed by atoms with E-state index in [4.69, 9.17) is 0 Å². The molecule has 0 spiro atoms. The Morgan fingerprint density at radius 2 is 1.05 bits per heavy atom. The second-order valence-corrected chi connectivity index (χ2v) is 6.98. The Bertz CT molecular complexity index is 484. The first-order chi connectivity index (χ1) is 8.67. The average Bonchev–Trinajstić information content (AvgIpc) is 2.66. The van der Waals surface area contributed by atoms with Gasteiger partial charge in [0.05, 0.1) is 0 Å². The van der Waals surface area contributed by atoms with Crippen LogP contribution in [0.5, 0.6) is 0 Å². The van der Waals surface area contributed by atoms with Crippen LogP contribution >= 0.6 is 0 Å². The molecule has 0 aromatic carbocycles. The minimum Gasteiger partial charge on any atom is -0.0744 e. The Labute approximate surface area is 119 Å². The van der Waals surface area contributed by atoms with Crippen LogP contribution < -0.4 is 0 Å². The lowest BCUT2D eigenvalue weighted by Crippen LogP contribution is -2.24. The van der Waals surface area contributed by atoms with Crippen LogP contribution in [0.1, 0.15) is 55.4 Å². The summed E-state index contributed by atoms with van der Waals surface area (Å²) in [6.45, 7) is 18.6. The van der Waals surface area contributed by atoms with Crippen molar-refractivity contribution in [1.29, 1.82) is 0 Å². The summed E-state index contributed by atoms with van der Waals surface area (Å²) in [5, 5.41) is 0. The zero-order chi connectivity index (χ0) is 14.5. The summed E-state index contributed by atoms with van der Waals surface area (Å²) in [5.41, 5.74) is 9.34. The van der Waals surface area contributed by atoms with Crippen LogP contribution in [0.4, 0.5) is 0 Å². The predicted molar refractivity (Wildman–Crippen MR) is 85.0 cm³/mol. The van der Waals surface area contributed by atoms with Gasteiger partial charge in [0.25, 0.3) is 0 Å². The van der Waals surface area contributed by atoms with Gasteiger partial charge in [-0.15, -0.1) is 0 Å². The van der Waals surface area contributed by atoms with Crippen molar-refractivity contribution in [3.8, 4) is 0 Å². The van der Waals surface area contributed by atoms with Gasteiger partial charge in [0.15, 0.2) is 0 Å². The molecule has 104 valence electrons. The number of rotatable bonds is 2. The third kappa shape index (κ3) is 2.06. The van der Waals surface area contributed by atoms with Crippen LogP contribution in [0.15, 0.2) is 45.6 Å². The van der Waals surface area contributed by atoms with Crippen molar-refractivity contribution in [2.45, 2.75) is 55.4 Å². The second kappa shape index (κ2) is 4.51. The third-order valence-electron chi connectivity index (χ3n) is 5.25. The van der Waals surface area contributed by atoms with E-state index in [-0.39, 0.29) is 5.41 Å². The van der Waals surface area contributed by atoms with Crippen molar-refractivity contribution in [2.75, 3.05) is 0 Å². The first-order valence-corrected chi connectivity index (χ1v) is 7.48. The Hall–Kier alpha value is -1.04. The highest BCUT2D eigenvalue weighted by Crippen LogP contribution is 2.51. The van der Waals surface area contributed by atoms with Gasteiger partial charge in [-0.3, -0.25) is 0 Å². The molecule has 0 fully saturated rings. The summed E-state index contributed by atoms with van der Waals surface area (Å²) in [6.07, 6.45) is 4.84. The van der Waals surface area contributed by atoms with Crippen molar-refractivity contribution in [3.63, 3.8) is 0 Å². The lowest BCUT2D eigenvalue weighted by molar-refractivity contribution is 0.457. The second-order valence-electron chi connectivity index (χ2n) is 6.98. The standard InChI is InChI=1S/C19H28/c1-11-9-13(3)17(15(11)5)19(7,8)18-14(4)10-12(2)16(18)6/h9-10,13-14H,1-8H3. The van der Waals surface area contributed by atoms with Crippen LogP contribution in [-0.2, 0) is 0 Å². The number of hydrogen-bond acceptors (Lipinski definition) is 0.